The molecule has 12 heteroatoms. The van der Waals surface area contributed by atoms with E-state index in [1.165, 1.54) is 21.2 Å². The van der Waals surface area contributed by atoms with Gasteiger partial charge in [0.05, 0.1) is 37.0 Å². The zero-order valence-electron chi connectivity index (χ0n) is 20.9. The minimum atomic E-state index is -0.758. The first-order valence-electron chi connectivity index (χ1n) is 12.4. The van der Waals surface area contributed by atoms with Gasteiger partial charge in [-0.25, -0.2) is 4.90 Å². The van der Waals surface area contributed by atoms with Crippen LogP contribution in [0.1, 0.15) is 16.4 Å². The Morgan fingerprint density at radius 2 is 1.72 bits per heavy atom. The number of imide groups is 1. The fraction of sp³-hybridized carbons (Fsp3) is 0.333. The number of thiazole rings is 1. The molecule has 0 unspecified atom stereocenters. The average Bonchev–Trinajstić information content (AvgIpc) is 3.40. The molecule has 202 valence electrons. The summed E-state index contributed by atoms with van der Waals surface area (Å²) in [7, 11) is 1.57. The van der Waals surface area contributed by atoms with E-state index in [9.17, 15) is 19.2 Å². The highest BCUT2D eigenvalue weighted by atomic mass is 35.5. The molecular formula is C27H24ClN3O6S2. The van der Waals surface area contributed by atoms with Gasteiger partial charge < -0.3 is 14.4 Å². The number of morpholine rings is 1. The van der Waals surface area contributed by atoms with Crippen LogP contribution in [-0.4, -0.2) is 65.9 Å². The lowest BCUT2D eigenvalue weighted by atomic mass is 9.83. The second-order valence-corrected chi connectivity index (χ2v) is 12.0. The van der Waals surface area contributed by atoms with Crippen LogP contribution in [0.3, 0.4) is 0 Å². The van der Waals surface area contributed by atoms with Gasteiger partial charge in [0.2, 0.25) is 17.7 Å². The number of rotatable bonds is 5. The second-order valence-electron chi connectivity index (χ2n) is 9.42. The van der Waals surface area contributed by atoms with E-state index >= 15 is 0 Å². The Kier molecular flexibility index (Phi) is 7.00. The van der Waals surface area contributed by atoms with Gasteiger partial charge in [-0.05, 0) is 42.0 Å². The normalized spacial score (nSPS) is 22.6. The van der Waals surface area contributed by atoms with Crippen LogP contribution in [0.25, 0.3) is 0 Å². The number of aromatic nitrogens is 1. The molecule has 2 aromatic carbocycles. The van der Waals surface area contributed by atoms with E-state index in [-0.39, 0.29) is 29.1 Å². The molecule has 0 spiro atoms. The molecule has 4 heterocycles. The Balaban J connectivity index is 1.43. The summed E-state index contributed by atoms with van der Waals surface area (Å²) in [6.45, 7) is 1.72. The summed E-state index contributed by atoms with van der Waals surface area (Å²) in [4.78, 5) is 57.3. The Bertz CT molecular complexity index is 1500. The van der Waals surface area contributed by atoms with Gasteiger partial charge in [-0.1, -0.05) is 46.8 Å². The van der Waals surface area contributed by atoms with Crippen molar-refractivity contribution in [3.8, 4) is 5.75 Å². The summed E-state index contributed by atoms with van der Waals surface area (Å²) in [5, 5.41) is 0.302. The Hall–Kier alpha value is -3.12. The van der Waals surface area contributed by atoms with Crippen molar-refractivity contribution >= 4 is 58.1 Å². The zero-order valence-corrected chi connectivity index (χ0v) is 23.3. The molecule has 39 heavy (non-hydrogen) atoms. The number of nitrogens with zero attached hydrogens (tertiary/aromatic N) is 3. The first kappa shape index (κ1) is 26.1. The number of ether oxygens (including phenoxy) is 2. The van der Waals surface area contributed by atoms with Crippen LogP contribution in [0.2, 0.25) is 5.02 Å². The summed E-state index contributed by atoms with van der Waals surface area (Å²) >= 11 is 8.27. The molecule has 1 aromatic heterocycles. The summed E-state index contributed by atoms with van der Waals surface area (Å²) in [6, 6.07) is 13.9. The fourth-order valence-corrected chi connectivity index (χ4v) is 8.22. The summed E-state index contributed by atoms with van der Waals surface area (Å²) in [5.74, 6) is -1.47. The lowest BCUT2D eigenvalue weighted by Gasteiger charge is -2.31. The molecule has 0 radical (unpaired) electrons. The highest BCUT2D eigenvalue weighted by Gasteiger charge is 2.56. The monoisotopic (exact) mass is 585 g/mol. The number of fused-ring (bicyclic) bond motifs is 2. The number of carbonyl (C=O) groups excluding carboxylic acids is 3. The lowest BCUT2D eigenvalue weighted by molar-refractivity contribution is -0.136. The van der Waals surface area contributed by atoms with Crippen LogP contribution < -0.4 is 14.5 Å². The van der Waals surface area contributed by atoms with E-state index in [4.69, 9.17) is 21.1 Å². The number of amides is 3. The van der Waals surface area contributed by atoms with Crippen molar-refractivity contribution in [3.63, 3.8) is 0 Å². The Morgan fingerprint density at radius 3 is 2.38 bits per heavy atom. The van der Waals surface area contributed by atoms with Gasteiger partial charge in [-0.15, -0.1) is 0 Å². The molecule has 6 rings (SSSR count). The summed E-state index contributed by atoms with van der Waals surface area (Å²) in [5.41, 5.74) is 1.24. The van der Waals surface area contributed by atoms with Crippen molar-refractivity contribution in [1.82, 2.24) is 9.47 Å². The van der Waals surface area contributed by atoms with Gasteiger partial charge in [0.1, 0.15) is 17.5 Å². The minimum Gasteiger partial charge on any atom is -0.497 e. The van der Waals surface area contributed by atoms with Gasteiger partial charge in [-0.3, -0.25) is 23.7 Å². The first-order chi connectivity index (χ1) is 18.9. The zero-order chi connectivity index (χ0) is 27.3. The number of hydrogen-bond acceptors (Lipinski definition) is 8. The highest BCUT2D eigenvalue weighted by molar-refractivity contribution is 8.00. The molecule has 3 aliphatic rings. The largest absolute Gasteiger partial charge is 0.497 e. The lowest BCUT2D eigenvalue weighted by Crippen LogP contribution is -2.43. The van der Waals surface area contributed by atoms with E-state index in [0.29, 0.717) is 52.7 Å². The van der Waals surface area contributed by atoms with Crippen molar-refractivity contribution in [1.29, 1.82) is 0 Å². The molecule has 3 aromatic rings. The van der Waals surface area contributed by atoms with Crippen LogP contribution in [0, 0.1) is 5.92 Å². The van der Waals surface area contributed by atoms with Gasteiger partial charge in [0.15, 0.2) is 0 Å². The molecule has 3 amide bonds. The van der Waals surface area contributed by atoms with Crippen LogP contribution in [0.5, 0.6) is 5.75 Å². The third-order valence-electron chi connectivity index (χ3n) is 7.27. The van der Waals surface area contributed by atoms with E-state index in [0.717, 1.165) is 16.9 Å². The molecular weight excluding hydrogens is 562 g/mol. The third kappa shape index (κ3) is 4.57. The Morgan fingerprint density at radius 1 is 1.03 bits per heavy atom. The number of thioether (sulfide) groups is 1. The van der Waals surface area contributed by atoms with Crippen molar-refractivity contribution in [2.24, 2.45) is 5.92 Å². The number of anilines is 1. The number of hydrogen-bond donors (Lipinski definition) is 0. The van der Waals surface area contributed by atoms with Crippen LogP contribution in [0.4, 0.5) is 5.69 Å². The van der Waals surface area contributed by atoms with E-state index in [2.05, 4.69) is 0 Å². The first-order valence-corrected chi connectivity index (χ1v) is 14.5. The number of benzene rings is 2. The molecule has 3 aliphatic heterocycles. The topological polar surface area (TPSA) is 98.2 Å². The molecule has 9 nitrogen and oxygen atoms in total. The van der Waals surface area contributed by atoms with Crippen molar-refractivity contribution in [3.05, 3.63) is 73.7 Å². The van der Waals surface area contributed by atoms with Crippen molar-refractivity contribution < 1.29 is 23.9 Å². The fourth-order valence-electron chi connectivity index (χ4n) is 5.32. The summed E-state index contributed by atoms with van der Waals surface area (Å²) < 4.78 is 12.1. The van der Waals surface area contributed by atoms with Crippen molar-refractivity contribution in [2.75, 3.05) is 38.3 Å². The number of halogens is 1. The summed E-state index contributed by atoms with van der Waals surface area (Å²) in [6.07, 6.45) is 0. The molecule has 0 aliphatic carbocycles. The molecule has 0 saturated carbocycles. The predicted molar refractivity (Wildman–Crippen MR) is 148 cm³/mol. The van der Waals surface area contributed by atoms with Gasteiger partial charge in [-0.2, -0.15) is 0 Å². The maximum atomic E-state index is 13.9. The molecule has 3 atom stereocenters. The smallest absolute Gasteiger partial charge is 0.308 e. The maximum absolute atomic E-state index is 13.9. The van der Waals surface area contributed by atoms with Crippen molar-refractivity contribution in [2.45, 2.75) is 22.7 Å². The standard InChI is InChI=1S/C27H24ClN3O6S2/c1-36-18-8-2-15(3-9-18)20-21-22(25(34)31(24(21)33)17-6-4-16(28)5-7-17)38-26-23(20)39-27(35)30(26)14-19(32)29-10-12-37-13-11-29/h2-9,20-22H,10-14H2,1H3/t20-,21+,22-/m0/s1. The van der Waals surface area contributed by atoms with Crippen LogP contribution in [-0.2, 0) is 25.7 Å². The van der Waals surface area contributed by atoms with Crippen LogP contribution >= 0.6 is 34.7 Å². The molecule has 0 N–H and O–H groups in total. The quantitative estimate of drug-likeness (QED) is 0.424. The number of methoxy groups -OCH3 is 1. The highest BCUT2D eigenvalue weighted by Crippen LogP contribution is 2.54. The third-order valence-corrected chi connectivity index (χ3v) is 10.1. The average molecular weight is 586 g/mol. The predicted octanol–water partition coefficient (Wildman–Crippen LogP) is 3.23. The van der Waals surface area contributed by atoms with E-state index in [1.54, 1.807) is 48.4 Å². The number of carbonyl (C=O) groups is 3. The van der Waals surface area contributed by atoms with Gasteiger partial charge in [0, 0.05) is 28.9 Å². The molecule has 2 saturated heterocycles. The molecule has 0 bridgehead atoms. The second kappa shape index (κ2) is 10.5. The van der Waals surface area contributed by atoms with E-state index in [1.807, 2.05) is 12.1 Å². The van der Waals surface area contributed by atoms with Gasteiger partial charge >= 0.3 is 4.87 Å². The minimum absolute atomic E-state index is 0.132. The van der Waals surface area contributed by atoms with Crippen LogP contribution in [0.15, 0.2) is 58.4 Å². The maximum Gasteiger partial charge on any atom is 0.308 e. The SMILES string of the molecule is COc1ccc([C@@H]2c3sc(=O)n(CC(=O)N4CCOCC4)c3S[C@@H]3C(=O)N(c4ccc(Cl)cc4)C(=O)[C@H]23)cc1. The molecule has 2 fully saturated rings. The Labute approximate surface area is 237 Å². The van der Waals surface area contributed by atoms with Gasteiger partial charge in [0.25, 0.3) is 0 Å². The van der Waals surface area contributed by atoms with E-state index < -0.39 is 17.1 Å².